The maximum absolute atomic E-state index is 7.01. The van der Waals surface area contributed by atoms with Gasteiger partial charge in [0.15, 0.2) is 0 Å². The van der Waals surface area contributed by atoms with Crippen molar-refractivity contribution in [2.24, 2.45) is 0 Å². The topological polar surface area (TPSA) is 36.7 Å². The van der Waals surface area contributed by atoms with Gasteiger partial charge in [0.1, 0.15) is 4.99 Å². The zero-order chi connectivity index (χ0) is 6.69. The summed E-state index contributed by atoms with van der Waals surface area (Å²) in [5, 5.41) is 0. The van der Waals surface area contributed by atoms with Crippen LogP contribution >= 0.6 is 12.2 Å². The number of rotatable bonds is 1. The van der Waals surface area contributed by atoms with Gasteiger partial charge in [0, 0.05) is 18.0 Å². The minimum absolute atomic E-state index is 0.142. The largest absolute Gasteiger partial charge is 0.289 e. The van der Waals surface area contributed by atoms with Crippen LogP contribution in [0.3, 0.4) is 0 Å². The van der Waals surface area contributed by atoms with Crippen LogP contribution in [0.4, 0.5) is 0 Å². The highest BCUT2D eigenvalue weighted by molar-refractivity contribution is 7.80. The van der Waals surface area contributed by atoms with Gasteiger partial charge in [0.2, 0.25) is 0 Å². The standard InChI is InChI=1S/C6H5N2S/c7-6(9)5-2-1-3-8-4-5/h1-4,7H. The summed E-state index contributed by atoms with van der Waals surface area (Å²) < 4.78 is 0. The van der Waals surface area contributed by atoms with Gasteiger partial charge >= 0.3 is 0 Å². The van der Waals surface area contributed by atoms with Crippen molar-refractivity contribution in [1.82, 2.24) is 10.7 Å². The molecule has 0 aliphatic rings. The van der Waals surface area contributed by atoms with Gasteiger partial charge in [0.25, 0.3) is 0 Å². The fourth-order valence-corrected chi connectivity index (χ4v) is 0.618. The minimum atomic E-state index is 0.142. The molecule has 0 bridgehead atoms. The van der Waals surface area contributed by atoms with Gasteiger partial charge in [-0.05, 0) is 12.1 Å². The molecule has 1 rings (SSSR count). The molecule has 9 heavy (non-hydrogen) atoms. The Balaban J connectivity index is 2.98. The fourth-order valence-electron chi connectivity index (χ4n) is 0.497. The SMILES string of the molecule is [NH]C(=S)c1cccnc1. The smallest absolute Gasteiger partial charge is 0.126 e. The normalized spacial score (nSPS) is 8.89. The predicted molar refractivity (Wildman–Crippen MR) is 39.0 cm³/mol. The Hall–Kier alpha value is -0.960. The van der Waals surface area contributed by atoms with Crippen LogP contribution in [0.15, 0.2) is 24.5 Å². The third-order valence-corrected chi connectivity index (χ3v) is 1.16. The summed E-state index contributed by atoms with van der Waals surface area (Å²) >= 11 is 4.59. The van der Waals surface area contributed by atoms with Crippen molar-refractivity contribution in [3.05, 3.63) is 30.1 Å². The fraction of sp³-hybridized carbons (Fsp3) is 0. The molecule has 2 nitrogen and oxygen atoms in total. The van der Waals surface area contributed by atoms with Crippen LogP contribution in [0.2, 0.25) is 0 Å². The van der Waals surface area contributed by atoms with Crippen LogP contribution in [0.5, 0.6) is 0 Å². The summed E-state index contributed by atoms with van der Waals surface area (Å²) in [6.45, 7) is 0. The summed E-state index contributed by atoms with van der Waals surface area (Å²) in [4.78, 5) is 3.94. The molecule has 0 amide bonds. The Kier molecular flexibility index (Phi) is 1.75. The van der Waals surface area contributed by atoms with E-state index in [9.17, 15) is 0 Å². The Morgan fingerprint density at radius 1 is 1.67 bits per heavy atom. The van der Waals surface area contributed by atoms with E-state index in [1.165, 1.54) is 0 Å². The number of nitrogens with one attached hydrogen (secondary N) is 1. The molecule has 0 saturated heterocycles. The lowest BCUT2D eigenvalue weighted by Gasteiger charge is -1.90. The van der Waals surface area contributed by atoms with Crippen molar-refractivity contribution < 1.29 is 0 Å². The van der Waals surface area contributed by atoms with Crippen molar-refractivity contribution >= 4 is 17.2 Å². The van der Waals surface area contributed by atoms with Gasteiger partial charge in [-0.15, -0.1) is 0 Å². The molecule has 0 saturated carbocycles. The van der Waals surface area contributed by atoms with Gasteiger partial charge in [-0.2, -0.15) is 0 Å². The summed E-state index contributed by atoms with van der Waals surface area (Å²) in [5.74, 6) is 0. The maximum Gasteiger partial charge on any atom is 0.126 e. The maximum atomic E-state index is 7.01. The summed E-state index contributed by atoms with van der Waals surface area (Å²) in [6, 6.07) is 3.53. The number of pyridine rings is 1. The molecule has 0 fully saturated rings. The van der Waals surface area contributed by atoms with Gasteiger partial charge in [-0.3, -0.25) is 10.7 Å². The summed E-state index contributed by atoms with van der Waals surface area (Å²) in [5.41, 5.74) is 7.71. The highest BCUT2D eigenvalue weighted by Gasteiger charge is 1.91. The van der Waals surface area contributed by atoms with Gasteiger partial charge < -0.3 is 0 Å². The lowest BCUT2D eigenvalue weighted by molar-refractivity contribution is 1.31. The monoisotopic (exact) mass is 137 g/mol. The molecule has 1 heterocycles. The second-order valence-corrected chi connectivity index (χ2v) is 1.98. The number of aromatic nitrogens is 1. The molecule has 1 radical (unpaired) electrons. The van der Waals surface area contributed by atoms with Crippen molar-refractivity contribution in [1.29, 1.82) is 0 Å². The van der Waals surface area contributed by atoms with Gasteiger partial charge in [-0.1, -0.05) is 12.2 Å². The molecule has 1 aromatic heterocycles. The average molecular weight is 137 g/mol. The van der Waals surface area contributed by atoms with E-state index < -0.39 is 0 Å². The average Bonchev–Trinajstić information content (AvgIpc) is 1.90. The summed E-state index contributed by atoms with van der Waals surface area (Å²) in [7, 11) is 0. The number of hydrogen-bond donors (Lipinski definition) is 0. The lowest BCUT2D eigenvalue weighted by Crippen LogP contribution is -1.95. The van der Waals surface area contributed by atoms with Crippen molar-refractivity contribution in [2.75, 3.05) is 0 Å². The van der Waals surface area contributed by atoms with Crippen LogP contribution in [-0.2, 0) is 0 Å². The van der Waals surface area contributed by atoms with Gasteiger partial charge in [-0.25, -0.2) is 0 Å². The van der Waals surface area contributed by atoms with E-state index >= 15 is 0 Å². The van der Waals surface area contributed by atoms with Crippen molar-refractivity contribution in [3.8, 4) is 0 Å². The molecule has 0 aliphatic carbocycles. The first-order valence-electron chi connectivity index (χ1n) is 2.46. The number of hydrogen-bond acceptors (Lipinski definition) is 2. The van der Waals surface area contributed by atoms with E-state index in [-0.39, 0.29) is 4.99 Å². The Morgan fingerprint density at radius 3 is 2.78 bits per heavy atom. The highest BCUT2D eigenvalue weighted by atomic mass is 32.1. The second-order valence-electron chi connectivity index (χ2n) is 1.57. The van der Waals surface area contributed by atoms with Crippen LogP contribution in [0, 0.1) is 0 Å². The molecule has 45 valence electrons. The molecule has 1 aromatic rings. The lowest BCUT2D eigenvalue weighted by atomic mass is 10.3. The van der Waals surface area contributed by atoms with Crippen LogP contribution in [0.1, 0.15) is 5.56 Å². The predicted octanol–water partition coefficient (Wildman–Crippen LogP) is 1.04. The molecule has 0 atom stereocenters. The van der Waals surface area contributed by atoms with E-state index in [4.69, 9.17) is 5.73 Å². The Morgan fingerprint density at radius 2 is 2.44 bits per heavy atom. The van der Waals surface area contributed by atoms with E-state index in [0.717, 1.165) is 0 Å². The first-order chi connectivity index (χ1) is 4.30. The van der Waals surface area contributed by atoms with Gasteiger partial charge in [0.05, 0.1) is 0 Å². The molecule has 3 heteroatoms. The van der Waals surface area contributed by atoms with E-state index in [1.807, 2.05) is 0 Å². The zero-order valence-electron chi connectivity index (χ0n) is 4.66. The highest BCUT2D eigenvalue weighted by Crippen LogP contribution is 1.94. The third-order valence-electron chi connectivity index (χ3n) is 0.924. The van der Waals surface area contributed by atoms with E-state index in [0.29, 0.717) is 5.56 Å². The zero-order valence-corrected chi connectivity index (χ0v) is 5.48. The quantitative estimate of drug-likeness (QED) is 0.542. The van der Waals surface area contributed by atoms with Crippen molar-refractivity contribution in [3.63, 3.8) is 0 Å². The molecule has 0 aromatic carbocycles. The Bertz CT molecular complexity index is 208. The molecule has 0 aliphatic heterocycles. The third kappa shape index (κ3) is 1.47. The van der Waals surface area contributed by atoms with Crippen LogP contribution in [0.25, 0.3) is 0 Å². The molecular weight excluding hydrogens is 132 g/mol. The van der Waals surface area contributed by atoms with E-state index in [2.05, 4.69) is 17.2 Å². The molecular formula is C6H5N2S. The number of thiocarbonyl (C=S) groups is 1. The minimum Gasteiger partial charge on any atom is -0.289 e. The first-order valence-corrected chi connectivity index (χ1v) is 2.87. The summed E-state index contributed by atoms with van der Waals surface area (Å²) in [6.07, 6.45) is 3.23. The first kappa shape index (κ1) is 6.16. The second kappa shape index (κ2) is 2.55. The van der Waals surface area contributed by atoms with Crippen molar-refractivity contribution in [2.45, 2.75) is 0 Å². The molecule has 0 unspecified atom stereocenters. The molecule has 1 N–H and O–H groups in total. The van der Waals surface area contributed by atoms with Crippen LogP contribution < -0.4 is 5.73 Å². The Labute approximate surface area is 58.7 Å². The van der Waals surface area contributed by atoms with E-state index in [1.54, 1.807) is 24.5 Å². The van der Waals surface area contributed by atoms with Crippen LogP contribution in [-0.4, -0.2) is 9.97 Å². The molecule has 0 spiro atoms. The number of nitrogens with zero attached hydrogens (tertiary/aromatic N) is 1.